The van der Waals surface area contributed by atoms with Gasteiger partial charge < -0.3 is 9.80 Å². The molecule has 3 unspecified atom stereocenters. The molecule has 3 heterocycles. The molecule has 3 atom stereocenters. The van der Waals surface area contributed by atoms with Crippen molar-refractivity contribution in [3.63, 3.8) is 0 Å². The number of anilines is 3. The van der Waals surface area contributed by atoms with Crippen molar-refractivity contribution in [3.8, 4) is 0 Å². The van der Waals surface area contributed by atoms with E-state index in [4.69, 9.17) is 0 Å². The first kappa shape index (κ1) is 12.3. The van der Waals surface area contributed by atoms with Crippen molar-refractivity contribution in [1.29, 1.82) is 0 Å². The summed E-state index contributed by atoms with van der Waals surface area (Å²) in [6.07, 6.45) is 9.14. The number of fused-ring (bicyclic) bond motifs is 6. The van der Waals surface area contributed by atoms with Gasteiger partial charge in [0.05, 0.1) is 6.20 Å². The molecule has 2 bridgehead atoms. The molecule has 0 saturated heterocycles. The quantitative estimate of drug-likeness (QED) is 0.808. The molecule has 6 rings (SSSR count). The summed E-state index contributed by atoms with van der Waals surface area (Å²) in [7, 11) is 2.22. The molecule has 116 valence electrons. The second-order valence-electron chi connectivity index (χ2n) is 7.71. The lowest BCUT2D eigenvalue weighted by Crippen LogP contribution is -2.69. The molecule has 1 spiro atoms. The highest BCUT2D eigenvalue weighted by molar-refractivity contribution is 5.85. The van der Waals surface area contributed by atoms with E-state index < -0.39 is 0 Å². The molecule has 1 saturated carbocycles. The van der Waals surface area contributed by atoms with Crippen LogP contribution in [-0.2, 0) is 11.8 Å². The largest absolute Gasteiger partial charge is 0.337 e. The Morgan fingerprint density at radius 3 is 2.96 bits per heavy atom. The van der Waals surface area contributed by atoms with Crippen molar-refractivity contribution in [1.82, 2.24) is 9.97 Å². The fourth-order valence-corrected chi connectivity index (χ4v) is 6.28. The van der Waals surface area contributed by atoms with Gasteiger partial charge in [0, 0.05) is 23.6 Å². The van der Waals surface area contributed by atoms with Crippen LogP contribution in [0.5, 0.6) is 0 Å². The zero-order chi connectivity index (χ0) is 15.4. The van der Waals surface area contributed by atoms with Crippen LogP contribution >= 0.6 is 0 Å². The zero-order valence-electron chi connectivity index (χ0n) is 13.6. The molecule has 0 radical (unpaired) electrons. The molecule has 1 aromatic heterocycles. The van der Waals surface area contributed by atoms with Crippen LogP contribution in [0.2, 0.25) is 0 Å². The lowest BCUT2D eigenvalue weighted by Gasteiger charge is -2.66. The van der Waals surface area contributed by atoms with Gasteiger partial charge >= 0.3 is 0 Å². The van der Waals surface area contributed by atoms with Crippen LogP contribution < -0.4 is 9.80 Å². The van der Waals surface area contributed by atoms with Crippen molar-refractivity contribution in [3.05, 3.63) is 41.9 Å². The van der Waals surface area contributed by atoms with Crippen LogP contribution in [0, 0.1) is 5.41 Å². The number of aromatic nitrogens is 2. The standard InChI is InChI=1S/C19H20N4/c1-3-18-6-7-19(18)9-12-4-5-14(13(19)8-12)23-15-10-20-11-21-16(15)22(2)17(18)23/h4-5,8,10-11,17H,3,6-7,9H2,1-2H3. The summed E-state index contributed by atoms with van der Waals surface area (Å²) in [6, 6.07) is 7.13. The third-order valence-electron chi connectivity index (χ3n) is 7.30. The van der Waals surface area contributed by atoms with Gasteiger partial charge in [-0.25, -0.2) is 9.97 Å². The highest BCUT2D eigenvalue weighted by Gasteiger charge is 2.70. The van der Waals surface area contributed by atoms with Gasteiger partial charge in [0.15, 0.2) is 5.82 Å². The van der Waals surface area contributed by atoms with Crippen LogP contribution in [0.15, 0.2) is 30.7 Å². The molecule has 23 heavy (non-hydrogen) atoms. The Hall–Kier alpha value is -2.10. The molecule has 2 aromatic rings. The minimum absolute atomic E-state index is 0.325. The lowest BCUT2D eigenvalue weighted by atomic mass is 9.43. The normalized spacial score (nSPS) is 34.8. The van der Waals surface area contributed by atoms with Gasteiger partial charge in [0.25, 0.3) is 0 Å². The molecule has 2 aliphatic heterocycles. The number of rotatable bonds is 1. The van der Waals surface area contributed by atoms with Crippen LogP contribution in [0.4, 0.5) is 17.2 Å². The van der Waals surface area contributed by atoms with E-state index in [1.165, 1.54) is 42.6 Å². The minimum atomic E-state index is 0.325. The van der Waals surface area contributed by atoms with E-state index in [9.17, 15) is 0 Å². The van der Waals surface area contributed by atoms with Crippen molar-refractivity contribution in [2.24, 2.45) is 5.41 Å². The first-order valence-electron chi connectivity index (χ1n) is 8.67. The van der Waals surface area contributed by atoms with Crippen molar-refractivity contribution in [2.75, 3.05) is 16.8 Å². The summed E-state index contributed by atoms with van der Waals surface area (Å²) >= 11 is 0. The molecule has 2 aliphatic carbocycles. The summed E-state index contributed by atoms with van der Waals surface area (Å²) in [5, 5.41) is 0. The Morgan fingerprint density at radius 2 is 2.17 bits per heavy atom. The third kappa shape index (κ3) is 1.05. The van der Waals surface area contributed by atoms with Crippen molar-refractivity contribution >= 4 is 17.2 Å². The van der Waals surface area contributed by atoms with E-state index in [2.05, 4.69) is 51.9 Å². The summed E-state index contributed by atoms with van der Waals surface area (Å²) in [5.41, 5.74) is 6.36. The Kier molecular flexibility index (Phi) is 1.89. The predicted molar refractivity (Wildman–Crippen MR) is 90.1 cm³/mol. The molecule has 0 N–H and O–H groups in total. The van der Waals surface area contributed by atoms with E-state index in [1.807, 2.05) is 6.20 Å². The summed E-state index contributed by atoms with van der Waals surface area (Å²) < 4.78 is 0. The van der Waals surface area contributed by atoms with Crippen LogP contribution in [0.3, 0.4) is 0 Å². The zero-order valence-corrected chi connectivity index (χ0v) is 13.6. The average Bonchev–Trinajstić information content (AvgIpc) is 3.05. The molecule has 4 nitrogen and oxygen atoms in total. The van der Waals surface area contributed by atoms with Gasteiger partial charge in [-0.1, -0.05) is 19.1 Å². The van der Waals surface area contributed by atoms with E-state index in [-0.39, 0.29) is 0 Å². The number of benzene rings is 1. The maximum atomic E-state index is 4.60. The van der Waals surface area contributed by atoms with E-state index >= 15 is 0 Å². The minimum Gasteiger partial charge on any atom is -0.337 e. The van der Waals surface area contributed by atoms with E-state index in [1.54, 1.807) is 11.9 Å². The van der Waals surface area contributed by atoms with E-state index in [0.29, 0.717) is 17.0 Å². The second kappa shape index (κ2) is 3.53. The predicted octanol–water partition coefficient (Wildman–Crippen LogP) is 3.39. The van der Waals surface area contributed by atoms with Gasteiger partial charge in [0.2, 0.25) is 0 Å². The average molecular weight is 304 g/mol. The first-order chi connectivity index (χ1) is 11.2. The monoisotopic (exact) mass is 304 g/mol. The van der Waals surface area contributed by atoms with E-state index in [0.717, 1.165) is 5.82 Å². The second-order valence-corrected chi connectivity index (χ2v) is 7.71. The van der Waals surface area contributed by atoms with Gasteiger partial charge in [-0.3, -0.25) is 0 Å². The van der Waals surface area contributed by atoms with Gasteiger partial charge in [-0.05, 0) is 42.9 Å². The molecule has 1 aromatic carbocycles. The molecule has 4 aliphatic rings. The maximum absolute atomic E-state index is 4.60. The number of hydrogen-bond acceptors (Lipinski definition) is 4. The van der Waals surface area contributed by atoms with Crippen LogP contribution in [0.25, 0.3) is 0 Å². The molecule has 4 heteroatoms. The van der Waals surface area contributed by atoms with Crippen molar-refractivity contribution in [2.45, 2.75) is 44.2 Å². The van der Waals surface area contributed by atoms with Gasteiger partial charge in [0.1, 0.15) is 18.2 Å². The summed E-state index contributed by atoms with van der Waals surface area (Å²) in [6.45, 7) is 2.38. The van der Waals surface area contributed by atoms with Crippen LogP contribution in [-0.4, -0.2) is 23.2 Å². The fourth-order valence-electron chi connectivity index (χ4n) is 6.28. The number of nitrogens with zero attached hydrogens (tertiary/aromatic N) is 4. The molecular formula is C19H20N4. The Labute approximate surface area is 136 Å². The summed E-state index contributed by atoms with van der Waals surface area (Å²) in [4.78, 5) is 13.9. The Morgan fingerprint density at radius 1 is 1.26 bits per heavy atom. The van der Waals surface area contributed by atoms with Crippen LogP contribution in [0.1, 0.15) is 37.3 Å². The third-order valence-corrected chi connectivity index (χ3v) is 7.30. The Balaban J connectivity index is 1.71. The number of hydrogen-bond donors (Lipinski definition) is 0. The highest BCUT2D eigenvalue weighted by Crippen LogP contribution is 2.72. The van der Waals surface area contributed by atoms with Gasteiger partial charge in [-0.15, -0.1) is 0 Å². The van der Waals surface area contributed by atoms with Gasteiger partial charge in [-0.2, -0.15) is 0 Å². The molecule has 0 amide bonds. The fraction of sp³-hybridized carbons (Fsp3) is 0.474. The highest BCUT2D eigenvalue weighted by atomic mass is 15.5. The SMILES string of the molecule is CCC12CCC13Cc1ccc(c3c1)N1c3cncnc3N(C)C12. The first-order valence-corrected chi connectivity index (χ1v) is 8.67. The molecular weight excluding hydrogens is 284 g/mol. The Bertz CT molecular complexity index is 858. The maximum Gasteiger partial charge on any atom is 0.157 e. The van der Waals surface area contributed by atoms with Crippen molar-refractivity contribution < 1.29 is 0 Å². The topological polar surface area (TPSA) is 32.3 Å². The lowest BCUT2D eigenvalue weighted by molar-refractivity contribution is -0.0396. The smallest absolute Gasteiger partial charge is 0.157 e. The summed E-state index contributed by atoms with van der Waals surface area (Å²) in [5.74, 6) is 1.08. The molecule has 1 fully saturated rings.